The molecular formula is C14H18N8O7S2. The third-order valence-corrected chi connectivity index (χ3v) is 5.47. The second-order valence-corrected chi connectivity index (χ2v) is 8.59. The highest BCUT2D eigenvalue weighted by atomic mass is 32.2. The number of sulfonamides is 2. The van der Waals surface area contributed by atoms with E-state index in [1.807, 2.05) is 0 Å². The van der Waals surface area contributed by atoms with E-state index in [-0.39, 0.29) is 9.79 Å². The Bertz CT molecular complexity index is 1060. The van der Waals surface area contributed by atoms with Crippen molar-refractivity contribution in [1.29, 1.82) is 0 Å². The van der Waals surface area contributed by atoms with Crippen molar-refractivity contribution >= 4 is 32.1 Å². The molecule has 10 N–H and O–H groups in total. The van der Waals surface area contributed by atoms with Crippen LogP contribution in [0.3, 0.4) is 0 Å². The number of azo groups is 1. The first-order valence-corrected chi connectivity index (χ1v) is 10.7. The van der Waals surface area contributed by atoms with Crippen molar-refractivity contribution in [3.8, 4) is 11.5 Å². The zero-order valence-corrected chi connectivity index (χ0v) is 17.1. The molecule has 0 fully saturated rings. The van der Waals surface area contributed by atoms with Gasteiger partial charge < -0.3 is 16.2 Å². The lowest BCUT2D eigenvalue weighted by molar-refractivity contribution is 0.249. The van der Waals surface area contributed by atoms with Gasteiger partial charge in [0.15, 0.2) is 0 Å². The Labute approximate surface area is 176 Å². The molecule has 15 nitrogen and oxygen atoms in total. The van der Waals surface area contributed by atoms with Gasteiger partial charge in [-0.2, -0.15) is 9.66 Å². The molecule has 17 heteroatoms. The summed E-state index contributed by atoms with van der Waals surface area (Å²) in [6.45, 7) is 0. The third kappa shape index (κ3) is 8.42. The molecule has 168 valence electrons. The summed E-state index contributed by atoms with van der Waals surface area (Å²) in [5.41, 5.74) is 8.87. The highest BCUT2D eigenvalue weighted by Crippen LogP contribution is 2.24. The minimum atomic E-state index is -3.73. The van der Waals surface area contributed by atoms with E-state index < -0.39 is 32.1 Å². The summed E-state index contributed by atoms with van der Waals surface area (Å²) in [5, 5.41) is 5.23. The largest absolute Gasteiger partial charge is 0.457 e. The number of amides is 4. The summed E-state index contributed by atoms with van der Waals surface area (Å²) in [5.74, 6) is 10.6. The molecule has 0 aliphatic heterocycles. The van der Waals surface area contributed by atoms with Crippen LogP contribution in [0, 0.1) is 0 Å². The number of nitrogens with one attached hydrogen (secondary N) is 2. The Balaban J connectivity index is 0.000000512. The van der Waals surface area contributed by atoms with E-state index in [1.54, 1.807) is 9.66 Å². The Morgan fingerprint density at radius 2 is 0.968 bits per heavy atom. The van der Waals surface area contributed by atoms with Crippen LogP contribution in [0.1, 0.15) is 0 Å². The van der Waals surface area contributed by atoms with Gasteiger partial charge in [0.2, 0.25) is 0 Å². The van der Waals surface area contributed by atoms with Crippen molar-refractivity contribution in [1.82, 2.24) is 9.66 Å². The number of urea groups is 2. The van der Waals surface area contributed by atoms with E-state index in [4.69, 9.17) is 16.4 Å². The van der Waals surface area contributed by atoms with Gasteiger partial charge in [0.25, 0.3) is 20.0 Å². The van der Waals surface area contributed by atoms with Gasteiger partial charge in [-0.25, -0.2) is 26.4 Å². The van der Waals surface area contributed by atoms with Crippen molar-refractivity contribution < 1.29 is 31.2 Å². The molecule has 2 rings (SSSR count). The van der Waals surface area contributed by atoms with Crippen molar-refractivity contribution in [3.05, 3.63) is 48.5 Å². The maximum Gasteiger partial charge on any atom is 0.357 e. The van der Waals surface area contributed by atoms with Crippen LogP contribution in [0.2, 0.25) is 0 Å². The van der Waals surface area contributed by atoms with Gasteiger partial charge in [-0.15, -0.1) is 0 Å². The highest BCUT2D eigenvalue weighted by molar-refractivity contribution is 7.89. The van der Waals surface area contributed by atoms with E-state index in [1.165, 1.54) is 48.5 Å². The molecule has 0 unspecified atom stereocenters. The molecule has 4 amide bonds. The van der Waals surface area contributed by atoms with Crippen LogP contribution in [0.15, 0.2) is 68.6 Å². The van der Waals surface area contributed by atoms with Crippen LogP contribution in [-0.4, -0.2) is 28.9 Å². The summed E-state index contributed by atoms with van der Waals surface area (Å²) in [6, 6.07) is 8.97. The maximum atomic E-state index is 11.5. The van der Waals surface area contributed by atoms with Gasteiger partial charge in [-0.3, -0.25) is 11.7 Å². The number of nitrogens with zero attached hydrogens (tertiary/aromatic N) is 2. The van der Waals surface area contributed by atoms with Gasteiger partial charge in [-0.05, 0) is 48.5 Å². The summed E-state index contributed by atoms with van der Waals surface area (Å²) in [4.78, 5) is 22.7. The van der Waals surface area contributed by atoms with Crippen LogP contribution in [0.25, 0.3) is 0 Å². The number of nitrogens with two attached hydrogens (primary N) is 4. The molecule has 2 aromatic carbocycles. The zero-order valence-electron chi connectivity index (χ0n) is 15.5. The molecule has 0 atom stereocenters. The molecule has 0 heterocycles. The number of ether oxygens (including phenoxy) is 1. The quantitative estimate of drug-likeness (QED) is 0.176. The second-order valence-electron chi connectivity index (χ2n) is 5.16. The van der Waals surface area contributed by atoms with Crippen LogP contribution in [-0.2, 0) is 20.0 Å². The summed E-state index contributed by atoms with van der Waals surface area (Å²) in [7, 11) is -7.45. The zero-order chi connectivity index (χ0) is 23.7. The maximum absolute atomic E-state index is 11.5. The molecule has 0 saturated carbocycles. The van der Waals surface area contributed by atoms with E-state index in [0.717, 1.165) is 0 Å². The lowest BCUT2D eigenvalue weighted by atomic mass is 10.3. The average molecular weight is 474 g/mol. The van der Waals surface area contributed by atoms with Gasteiger partial charge in [-0.1, -0.05) is 10.2 Å². The number of hydrogen-bond donors (Lipinski definition) is 6. The predicted molar refractivity (Wildman–Crippen MR) is 106 cm³/mol. The number of carbonyl (C=O) groups is 2. The first kappa shape index (κ1) is 25.6. The molecular weight excluding hydrogens is 456 g/mol. The van der Waals surface area contributed by atoms with Crippen LogP contribution < -0.4 is 37.6 Å². The van der Waals surface area contributed by atoms with Crippen LogP contribution in [0.5, 0.6) is 11.5 Å². The molecule has 31 heavy (non-hydrogen) atoms. The Morgan fingerprint density at radius 1 is 0.677 bits per heavy atom. The third-order valence-electron chi connectivity index (χ3n) is 3.06. The Hall–Kier alpha value is -3.48. The number of carbonyl (C=O) groups excluding carboxylic acids is 2. The molecule has 0 saturated heterocycles. The predicted octanol–water partition coefficient (Wildman–Crippen LogP) is -0.621. The lowest BCUT2D eigenvalue weighted by Gasteiger charge is -2.08. The molecule has 0 aliphatic carbocycles. The van der Waals surface area contributed by atoms with Crippen molar-refractivity contribution in [2.45, 2.75) is 9.79 Å². The minimum Gasteiger partial charge on any atom is -0.457 e. The standard InChI is InChI=1S/C12H14N4O5S2.C2H4N4O2/c13-15-22(17,18)11-5-1-9(2-6-11)21-10-3-7-12(8-4-10)23(19,20)16-14;3-1(7)5-6-2(4)8/h1-8,15-16H,13-14H2;(H2,3,7)(H2,4,8). The fourth-order valence-corrected chi connectivity index (χ4v) is 3.01. The van der Waals surface area contributed by atoms with Crippen molar-refractivity contribution in [2.75, 3.05) is 0 Å². The minimum absolute atomic E-state index is 0.0113. The molecule has 0 bridgehead atoms. The van der Waals surface area contributed by atoms with E-state index >= 15 is 0 Å². The lowest BCUT2D eigenvalue weighted by Crippen LogP contribution is -2.30. The monoisotopic (exact) mass is 474 g/mol. The van der Waals surface area contributed by atoms with Gasteiger partial charge in [0, 0.05) is 0 Å². The highest BCUT2D eigenvalue weighted by Gasteiger charge is 2.13. The van der Waals surface area contributed by atoms with Crippen LogP contribution in [0.4, 0.5) is 9.59 Å². The van der Waals surface area contributed by atoms with Crippen LogP contribution >= 0.6 is 0 Å². The molecule has 0 aromatic heterocycles. The molecule has 0 aliphatic rings. The van der Waals surface area contributed by atoms with E-state index in [2.05, 4.69) is 21.7 Å². The SMILES string of the molecule is NC(=O)N=NC(N)=O.NNS(=O)(=O)c1ccc(Oc2ccc(S(=O)(=O)NN)cc2)cc1. The average Bonchev–Trinajstić information content (AvgIpc) is 2.73. The number of rotatable bonds is 6. The molecule has 2 aromatic rings. The number of primary amides is 2. The molecule has 0 radical (unpaired) electrons. The van der Waals surface area contributed by atoms with Crippen molar-refractivity contribution in [2.24, 2.45) is 33.4 Å². The van der Waals surface area contributed by atoms with E-state index in [0.29, 0.717) is 11.5 Å². The summed E-state index contributed by atoms with van der Waals surface area (Å²) >= 11 is 0. The smallest absolute Gasteiger partial charge is 0.357 e. The molecule has 0 spiro atoms. The number of hydrogen-bond acceptors (Lipinski definition) is 9. The van der Waals surface area contributed by atoms with Gasteiger partial charge in [0.05, 0.1) is 9.79 Å². The fourth-order valence-electron chi connectivity index (χ4n) is 1.74. The van der Waals surface area contributed by atoms with Crippen molar-refractivity contribution in [3.63, 3.8) is 0 Å². The Kier molecular flexibility index (Phi) is 9.12. The number of hydrazine groups is 2. The second kappa shape index (κ2) is 11.1. The van der Waals surface area contributed by atoms with Gasteiger partial charge in [0.1, 0.15) is 11.5 Å². The van der Waals surface area contributed by atoms with Gasteiger partial charge >= 0.3 is 12.1 Å². The van der Waals surface area contributed by atoms with E-state index in [9.17, 15) is 26.4 Å². The topological polar surface area (TPSA) is 265 Å². The first-order chi connectivity index (χ1) is 14.4. The summed E-state index contributed by atoms with van der Waals surface area (Å²) < 4.78 is 51.4. The summed E-state index contributed by atoms with van der Waals surface area (Å²) in [6.07, 6.45) is 0. The normalized spacial score (nSPS) is 11.4. The Morgan fingerprint density at radius 3 is 1.19 bits per heavy atom. The first-order valence-electron chi connectivity index (χ1n) is 7.74. The fraction of sp³-hybridized carbons (Fsp3) is 0. The number of benzene rings is 2.